The van der Waals surface area contributed by atoms with Gasteiger partial charge in [0.2, 0.25) is 0 Å². The number of anilines is 1. The van der Waals surface area contributed by atoms with Crippen LogP contribution in [0, 0.1) is 6.92 Å². The third-order valence-electron chi connectivity index (χ3n) is 3.00. The van der Waals surface area contributed by atoms with Crippen molar-refractivity contribution in [3.8, 4) is 0 Å². The van der Waals surface area contributed by atoms with E-state index in [2.05, 4.69) is 0 Å². The van der Waals surface area contributed by atoms with Crippen molar-refractivity contribution in [1.29, 1.82) is 0 Å². The van der Waals surface area contributed by atoms with Crippen LogP contribution in [0.2, 0.25) is 0 Å². The Morgan fingerprint density at radius 2 is 2.11 bits per heavy atom. The van der Waals surface area contributed by atoms with E-state index in [9.17, 15) is 9.18 Å². The molecular formula is C14H16FNO2. The quantitative estimate of drug-likeness (QED) is 0.781. The van der Waals surface area contributed by atoms with Crippen molar-refractivity contribution in [2.45, 2.75) is 13.3 Å². The van der Waals surface area contributed by atoms with E-state index in [0.29, 0.717) is 18.5 Å². The van der Waals surface area contributed by atoms with Crippen molar-refractivity contribution in [2.24, 2.45) is 0 Å². The molecule has 0 aliphatic heterocycles. The average molecular weight is 249 g/mol. The maximum Gasteiger partial charge on any atom is 0.336 e. The van der Waals surface area contributed by atoms with Crippen LogP contribution in [0.4, 0.5) is 10.1 Å². The number of hydrogen-bond donors (Lipinski definition) is 0. The zero-order chi connectivity index (χ0) is 13.1. The highest BCUT2D eigenvalue weighted by atomic mass is 19.1. The Labute approximate surface area is 105 Å². The predicted octanol–water partition coefficient (Wildman–Crippen LogP) is 2.90. The SMILES string of the molecule is Cc1cc(=O)oc2cc(N(C)CCCF)ccc12. The van der Waals surface area contributed by atoms with Gasteiger partial charge in [0, 0.05) is 36.8 Å². The lowest BCUT2D eigenvalue weighted by atomic mass is 10.1. The Balaban J connectivity index is 2.40. The molecule has 2 aromatic rings. The second-order valence-corrected chi connectivity index (χ2v) is 4.39. The highest BCUT2D eigenvalue weighted by Gasteiger charge is 2.06. The minimum atomic E-state index is -0.344. The highest BCUT2D eigenvalue weighted by Crippen LogP contribution is 2.22. The summed E-state index contributed by atoms with van der Waals surface area (Å²) >= 11 is 0. The number of rotatable bonds is 4. The van der Waals surface area contributed by atoms with E-state index in [4.69, 9.17) is 4.42 Å². The number of hydrogen-bond acceptors (Lipinski definition) is 3. The van der Waals surface area contributed by atoms with Crippen molar-refractivity contribution < 1.29 is 8.81 Å². The van der Waals surface area contributed by atoms with Crippen LogP contribution in [0.1, 0.15) is 12.0 Å². The van der Waals surface area contributed by atoms with E-state index in [1.165, 1.54) is 6.07 Å². The molecule has 1 aromatic carbocycles. The summed E-state index contributed by atoms with van der Waals surface area (Å²) in [5.41, 5.74) is 2.05. The zero-order valence-corrected chi connectivity index (χ0v) is 10.6. The lowest BCUT2D eigenvalue weighted by Crippen LogP contribution is -2.18. The molecule has 0 saturated heterocycles. The van der Waals surface area contributed by atoms with Crippen molar-refractivity contribution in [3.05, 3.63) is 40.2 Å². The summed E-state index contributed by atoms with van der Waals surface area (Å²) in [4.78, 5) is 13.3. The third-order valence-corrected chi connectivity index (χ3v) is 3.00. The van der Waals surface area contributed by atoms with Crippen molar-refractivity contribution in [1.82, 2.24) is 0 Å². The van der Waals surface area contributed by atoms with Crippen LogP contribution in [0.5, 0.6) is 0 Å². The molecular weight excluding hydrogens is 233 g/mol. The number of alkyl halides is 1. The fraction of sp³-hybridized carbons (Fsp3) is 0.357. The summed E-state index contributed by atoms with van der Waals surface area (Å²) in [5, 5.41) is 0.928. The molecule has 0 atom stereocenters. The van der Waals surface area contributed by atoms with E-state index >= 15 is 0 Å². The largest absolute Gasteiger partial charge is 0.423 e. The number of benzene rings is 1. The first-order valence-electron chi connectivity index (χ1n) is 5.93. The Kier molecular flexibility index (Phi) is 3.65. The van der Waals surface area contributed by atoms with Gasteiger partial charge in [-0.15, -0.1) is 0 Å². The number of halogens is 1. The Bertz CT molecular complexity index is 606. The summed E-state index contributed by atoms with van der Waals surface area (Å²) in [7, 11) is 1.89. The predicted molar refractivity (Wildman–Crippen MR) is 71.1 cm³/mol. The van der Waals surface area contributed by atoms with E-state index in [-0.39, 0.29) is 12.3 Å². The van der Waals surface area contributed by atoms with Gasteiger partial charge < -0.3 is 9.32 Å². The van der Waals surface area contributed by atoms with Crippen LogP contribution in [0.3, 0.4) is 0 Å². The average Bonchev–Trinajstić information content (AvgIpc) is 2.34. The molecule has 1 heterocycles. The second kappa shape index (κ2) is 5.21. The molecule has 0 aliphatic carbocycles. The first-order valence-corrected chi connectivity index (χ1v) is 5.93. The number of nitrogens with zero attached hydrogens (tertiary/aromatic N) is 1. The van der Waals surface area contributed by atoms with Gasteiger partial charge in [0.15, 0.2) is 0 Å². The number of fused-ring (bicyclic) bond motifs is 1. The summed E-state index contributed by atoms with van der Waals surface area (Å²) in [6, 6.07) is 7.18. The molecule has 0 unspecified atom stereocenters. The molecule has 2 rings (SSSR count). The van der Waals surface area contributed by atoms with Gasteiger partial charge in [0.1, 0.15) is 5.58 Å². The first-order chi connectivity index (χ1) is 8.61. The minimum Gasteiger partial charge on any atom is -0.423 e. The molecule has 0 spiro atoms. The van der Waals surface area contributed by atoms with Crippen molar-refractivity contribution in [3.63, 3.8) is 0 Å². The molecule has 0 fully saturated rings. The maximum atomic E-state index is 12.1. The van der Waals surface area contributed by atoms with Crippen LogP contribution >= 0.6 is 0 Å². The maximum absolute atomic E-state index is 12.1. The van der Waals surface area contributed by atoms with Gasteiger partial charge in [-0.05, 0) is 31.0 Å². The molecule has 0 saturated carbocycles. The lowest BCUT2D eigenvalue weighted by Gasteiger charge is -2.18. The molecule has 1 aromatic heterocycles. The summed E-state index contributed by atoms with van der Waals surface area (Å²) in [5.74, 6) is 0. The minimum absolute atomic E-state index is 0.327. The van der Waals surface area contributed by atoms with Crippen LogP contribution in [0.25, 0.3) is 11.0 Å². The molecule has 96 valence electrons. The number of aryl methyl sites for hydroxylation is 1. The Morgan fingerprint density at radius 3 is 2.83 bits per heavy atom. The molecule has 4 heteroatoms. The summed E-state index contributed by atoms with van der Waals surface area (Å²) in [6.07, 6.45) is 0.492. The highest BCUT2D eigenvalue weighted by molar-refractivity contribution is 5.83. The van der Waals surface area contributed by atoms with Gasteiger partial charge >= 0.3 is 5.63 Å². The van der Waals surface area contributed by atoms with Crippen LogP contribution < -0.4 is 10.5 Å². The molecule has 0 N–H and O–H groups in total. The smallest absolute Gasteiger partial charge is 0.336 e. The summed E-state index contributed by atoms with van der Waals surface area (Å²) in [6.45, 7) is 2.19. The lowest BCUT2D eigenvalue weighted by molar-refractivity contribution is 0.474. The third kappa shape index (κ3) is 2.53. The topological polar surface area (TPSA) is 33.5 Å². The van der Waals surface area contributed by atoms with Gasteiger partial charge in [0.25, 0.3) is 0 Å². The molecule has 3 nitrogen and oxygen atoms in total. The fourth-order valence-electron chi connectivity index (χ4n) is 1.98. The Morgan fingerprint density at radius 1 is 1.33 bits per heavy atom. The van der Waals surface area contributed by atoms with Crippen molar-refractivity contribution >= 4 is 16.7 Å². The van der Waals surface area contributed by atoms with Gasteiger partial charge in [-0.3, -0.25) is 4.39 Å². The molecule has 0 aliphatic rings. The molecule has 18 heavy (non-hydrogen) atoms. The van der Waals surface area contributed by atoms with Gasteiger partial charge in [-0.25, -0.2) is 4.79 Å². The fourth-order valence-corrected chi connectivity index (χ4v) is 1.98. The molecule has 0 amide bonds. The van der Waals surface area contributed by atoms with E-state index in [1.807, 2.05) is 37.1 Å². The first kappa shape index (κ1) is 12.6. The van der Waals surface area contributed by atoms with Crippen LogP contribution in [-0.4, -0.2) is 20.3 Å². The standard InChI is InChI=1S/C14H16FNO2/c1-10-8-14(17)18-13-9-11(4-5-12(10)13)16(2)7-3-6-15/h4-5,8-9H,3,6-7H2,1-2H3. The van der Waals surface area contributed by atoms with Gasteiger partial charge in [-0.1, -0.05) is 0 Å². The van der Waals surface area contributed by atoms with Crippen LogP contribution in [-0.2, 0) is 0 Å². The van der Waals surface area contributed by atoms with E-state index in [1.54, 1.807) is 0 Å². The zero-order valence-electron chi connectivity index (χ0n) is 10.6. The summed E-state index contributed by atoms with van der Waals surface area (Å²) < 4.78 is 17.3. The Hall–Kier alpha value is -1.84. The van der Waals surface area contributed by atoms with Gasteiger partial charge in [-0.2, -0.15) is 0 Å². The molecule has 0 bridgehead atoms. The van der Waals surface area contributed by atoms with E-state index < -0.39 is 0 Å². The van der Waals surface area contributed by atoms with Gasteiger partial charge in [0.05, 0.1) is 6.67 Å². The van der Waals surface area contributed by atoms with Crippen molar-refractivity contribution in [2.75, 3.05) is 25.2 Å². The normalized spacial score (nSPS) is 10.8. The monoisotopic (exact) mass is 249 g/mol. The second-order valence-electron chi connectivity index (χ2n) is 4.39. The molecule has 0 radical (unpaired) electrons. The van der Waals surface area contributed by atoms with E-state index in [0.717, 1.165) is 16.6 Å². The van der Waals surface area contributed by atoms with Crippen LogP contribution in [0.15, 0.2) is 33.5 Å².